The number of hydrogen-bond donors (Lipinski definition) is 2. The Labute approximate surface area is 138 Å². The monoisotopic (exact) mass is 317 g/mol. The van der Waals surface area contributed by atoms with Crippen molar-refractivity contribution < 1.29 is 5.11 Å². The van der Waals surface area contributed by atoms with Crippen molar-refractivity contribution in [2.45, 2.75) is 6.61 Å². The van der Waals surface area contributed by atoms with Gasteiger partial charge in [0.05, 0.1) is 30.4 Å². The lowest BCUT2D eigenvalue weighted by molar-refractivity contribution is 0.282. The maximum atomic E-state index is 9.30. The molecule has 0 unspecified atom stereocenters. The molecule has 0 amide bonds. The fraction of sp³-hybridized carbons (Fsp3) is 0.0556. The van der Waals surface area contributed by atoms with Crippen LogP contribution in [0.4, 0.5) is 11.5 Å². The molecule has 3 aromatic heterocycles. The Kier molecular flexibility index (Phi) is 3.64. The van der Waals surface area contributed by atoms with Gasteiger partial charge in [0.1, 0.15) is 0 Å². The zero-order valence-electron chi connectivity index (χ0n) is 12.8. The molecular weight excluding hydrogens is 302 g/mol. The summed E-state index contributed by atoms with van der Waals surface area (Å²) in [5.41, 5.74) is 4.24. The average molecular weight is 317 g/mol. The number of anilines is 2. The first-order valence-electron chi connectivity index (χ1n) is 7.55. The minimum absolute atomic E-state index is 0.00890. The molecule has 118 valence electrons. The lowest BCUT2D eigenvalue weighted by Crippen LogP contribution is -2.00. The van der Waals surface area contributed by atoms with Gasteiger partial charge in [-0.05, 0) is 35.9 Å². The molecule has 4 aromatic rings. The molecule has 0 bridgehead atoms. The highest BCUT2D eigenvalue weighted by Crippen LogP contribution is 2.21. The maximum absolute atomic E-state index is 9.30. The summed E-state index contributed by atoms with van der Waals surface area (Å²) in [7, 11) is 0. The third kappa shape index (κ3) is 2.70. The lowest BCUT2D eigenvalue weighted by Gasteiger charge is -2.07. The summed E-state index contributed by atoms with van der Waals surface area (Å²) >= 11 is 0. The van der Waals surface area contributed by atoms with Crippen molar-refractivity contribution in [3.05, 3.63) is 72.7 Å². The van der Waals surface area contributed by atoms with E-state index in [4.69, 9.17) is 0 Å². The summed E-state index contributed by atoms with van der Waals surface area (Å²) in [5, 5.41) is 17.2. The minimum Gasteiger partial charge on any atom is -0.392 e. The van der Waals surface area contributed by atoms with E-state index in [2.05, 4.69) is 20.4 Å². The van der Waals surface area contributed by atoms with Crippen molar-refractivity contribution in [3.8, 4) is 11.3 Å². The first-order valence-corrected chi connectivity index (χ1v) is 7.55. The Morgan fingerprint density at radius 2 is 2.00 bits per heavy atom. The number of rotatable bonds is 4. The fourth-order valence-corrected chi connectivity index (χ4v) is 2.53. The summed E-state index contributed by atoms with van der Waals surface area (Å²) < 4.78 is 1.76. The summed E-state index contributed by atoms with van der Waals surface area (Å²) in [6.07, 6.45) is 5.21. The number of aliphatic hydroxyl groups is 1. The third-order valence-corrected chi connectivity index (χ3v) is 3.70. The van der Waals surface area contributed by atoms with Crippen LogP contribution in [0.3, 0.4) is 0 Å². The Morgan fingerprint density at radius 3 is 2.83 bits per heavy atom. The largest absolute Gasteiger partial charge is 0.392 e. The topological polar surface area (TPSA) is 75.3 Å². The van der Waals surface area contributed by atoms with Gasteiger partial charge in [0, 0.05) is 11.8 Å². The molecule has 0 saturated heterocycles. The van der Waals surface area contributed by atoms with Gasteiger partial charge in [0.15, 0.2) is 11.5 Å². The predicted octanol–water partition coefficient (Wildman–Crippen LogP) is 3.03. The fourth-order valence-electron chi connectivity index (χ4n) is 2.53. The molecule has 0 saturated carbocycles. The zero-order valence-corrected chi connectivity index (χ0v) is 12.8. The van der Waals surface area contributed by atoms with Crippen LogP contribution in [-0.2, 0) is 6.61 Å². The number of fused-ring (bicyclic) bond motifs is 1. The van der Waals surface area contributed by atoms with Crippen molar-refractivity contribution >= 4 is 17.2 Å². The number of hydrogen-bond acceptors (Lipinski definition) is 5. The standard InChI is InChI=1S/C18H15N5O/c24-12-13-3-1-4-14(9-13)16-6-7-17-20-11-18(23(17)22-16)21-15-5-2-8-19-10-15/h1-11,21,24H,12H2. The van der Waals surface area contributed by atoms with Crippen molar-refractivity contribution in [2.24, 2.45) is 0 Å². The van der Waals surface area contributed by atoms with Gasteiger partial charge in [-0.25, -0.2) is 4.98 Å². The number of aromatic nitrogens is 4. The maximum Gasteiger partial charge on any atom is 0.155 e. The van der Waals surface area contributed by atoms with Gasteiger partial charge in [0.25, 0.3) is 0 Å². The van der Waals surface area contributed by atoms with E-state index in [0.29, 0.717) is 0 Å². The second-order valence-corrected chi connectivity index (χ2v) is 5.36. The highest BCUT2D eigenvalue weighted by atomic mass is 16.3. The van der Waals surface area contributed by atoms with Crippen LogP contribution in [-0.4, -0.2) is 24.7 Å². The third-order valence-electron chi connectivity index (χ3n) is 3.70. The molecule has 0 aliphatic carbocycles. The zero-order chi connectivity index (χ0) is 16.4. The van der Waals surface area contributed by atoms with Crippen LogP contribution >= 0.6 is 0 Å². The number of nitrogens with one attached hydrogen (secondary N) is 1. The van der Waals surface area contributed by atoms with E-state index in [1.807, 2.05) is 48.5 Å². The summed E-state index contributed by atoms with van der Waals surface area (Å²) in [6, 6.07) is 15.3. The van der Waals surface area contributed by atoms with Crippen molar-refractivity contribution in [3.63, 3.8) is 0 Å². The molecule has 3 heterocycles. The molecule has 2 N–H and O–H groups in total. The van der Waals surface area contributed by atoms with Crippen molar-refractivity contribution in [2.75, 3.05) is 5.32 Å². The summed E-state index contributed by atoms with van der Waals surface area (Å²) in [5.74, 6) is 0.762. The van der Waals surface area contributed by atoms with Crippen LogP contribution in [0.5, 0.6) is 0 Å². The molecular formula is C18H15N5O. The Morgan fingerprint density at radius 1 is 1.04 bits per heavy atom. The number of benzene rings is 1. The minimum atomic E-state index is 0.00890. The summed E-state index contributed by atoms with van der Waals surface area (Å²) in [4.78, 5) is 8.45. The molecule has 0 fully saturated rings. The van der Waals surface area contributed by atoms with Gasteiger partial charge in [0.2, 0.25) is 0 Å². The molecule has 4 rings (SSSR count). The van der Waals surface area contributed by atoms with E-state index < -0.39 is 0 Å². The number of imidazole rings is 1. The molecule has 6 nitrogen and oxygen atoms in total. The quantitative estimate of drug-likeness (QED) is 0.605. The summed E-state index contributed by atoms with van der Waals surface area (Å²) in [6.45, 7) is 0.00890. The Hall–Kier alpha value is -3.25. The normalized spacial score (nSPS) is 10.9. The highest BCUT2D eigenvalue weighted by molar-refractivity contribution is 5.64. The van der Waals surface area contributed by atoms with E-state index in [9.17, 15) is 5.11 Å². The van der Waals surface area contributed by atoms with Gasteiger partial charge in [-0.2, -0.15) is 9.61 Å². The molecule has 0 radical (unpaired) electrons. The van der Waals surface area contributed by atoms with Crippen molar-refractivity contribution in [1.82, 2.24) is 19.6 Å². The highest BCUT2D eigenvalue weighted by Gasteiger charge is 2.08. The molecule has 0 atom stereocenters. The van der Waals surface area contributed by atoms with Gasteiger partial charge in [-0.3, -0.25) is 4.98 Å². The Balaban J connectivity index is 1.75. The second-order valence-electron chi connectivity index (χ2n) is 5.36. The van der Waals surface area contributed by atoms with E-state index in [0.717, 1.165) is 34.0 Å². The molecule has 1 aromatic carbocycles. The number of nitrogens with zero attached hydrogens (tertiary/aromatic N) is 4. The molecule has 0 spiro atoms. The smallest absolute Gasteiger partial charge is 0.155 e. The van der Waals surface area contributed by atoms with E-state index in [-0.39, 0.29) is 6.61 Å². The first kappa shape index (κ1) is 14.3. The first-order chi connectivity index (χ1) is 11.8. The number of pyridine rings is 1. The van der Waals surface area contributed by atoms with Crippen LogP contribution in [0.1, 0.15) is 5.56 Å². The van der Waals surface area contributed by atoms with Crippen LogP contribution in [0.15, 0.2) is 67.1 Å². The van der Waals surface area contributed by atoms with Gasteiger partial charge in [-0.15, -0.1) is 0 Å². The molecule has 0 aliphatic rings. The molecule has 24 heavy (non-hydrogen) atoms. The Bertz CT molecular complexity index is 981. The van der Waals surface area contributed by atoms with Crippen LogP contribution in [0, 0.1) is 0 Å². The van der Waals surface area contributed by atoms with Crippen LogP contribution in [0.2, 0.25) is 0 Å². The molecule has 0 aliphatic heterocycles. The number of aliphatic hydroxyl groups excluding tert-OH is 1. The average Bonchev–Trinajstić information content (AvgIpc) is 3.05. The SMILES string of the molecule is OCc1cccc(-c2ccc3ncc(Nc4cccnc4)n3n2)c1. The van der Waals surface area contributed by atoms with E-state index >= 15 is 0 Å². The second kappa shape index (κ2) is 6.10. The van der Waals surface area contributed by atoms with Crippen LogP contribution < -0.4 is 5.32 Å². The molecule has 6 heteroatoms. The van der Waals surface area contributed by atoms with Crippen LogP contribution in [0.25, 0.3) is 16.9 Å². The van der Waals surface area contributed by atoms with E-state index in [1.165, 1.54) is 0 Å². The van der Waals surface area contributed by atoms with Gasteiger partial charge >= 0.3 is 0 Å². The lowest BCUT2D eigenvalue weighted by atomic mass is 10.1. The van der Waals surface area contributed by atoms with Gasteiger partial charge in [-0.1, -0.05) is 18.2 Å². The van der Waals surface area contributed by atoms with Crippen molar-refractivity contribution in [1.29, 1.82) is 0 Å². The van der Waals surface area contributed by atoms with E-state index in [1.54, 1.807) is 23.1 Å². The predicted molar refractivity (Wildman–Crippen MR) is 91.9 cm³/mol. The van der Waals surface area contributed by atoms with Gasteiger partial charge < -0.3 is 10.4 Å².